The molecule has 0 unspecified atom stereocenters. The quantitative estimate of drug-likeness (QED) is 0.585. The monoisotopic (exact) mass is 200 g/mol. The first-order chi connectivity index (χ1) is 6.72. The molecule has 0 spiro atoms. The summed E-state index contributed by atoms with van der Waals surface area (Å²) >= 11 is 0. The summed E-state index contributed by atoms with van der Waals surface area (Å²) in [5.74, 6) is 0.303. The maximum atomic E-state index is 10.8. The topological polar surface area (TPSA) is 103 Å². The van der Waals surface area contributed by atoms with Gasteiger partial charge in [0.1, 0.15) is 12.4 Å². The number of hydrogen-bond acceptors (Lipinski definition) is 6. The molecule has 0 aliphatic rings. The van der Waals surface area contributed by atoms with Crippen LogP contribution in [0.5, 0.6) is 0 Å². The molecule has 3 N–H and O–H groups in total. The van der Waals surface area contributed by atoms with Crippen molar-refractivity contribution >= 4 is 5.95 Å². The van der Waals surface area contributed by atoms with Crippen molar-refractivity contribution in [1.29, 1.82) is 0 Å². The van der Waals surface area contributed by atoms with Crippen LogP contribution in [0.4, 0.5) is 5.95 Å². The molecule has 1 rings (SSSR count). The molecule has 0 aromatic carbocycles. The van der Waals surface area contributed by atoms with E-state index in [4.69, 9.17) is 15.2 Å². The van der Waals surface area contributed by atoms with Crippen LogP contribution >= 0.6 is 0 Å². The van der Waals surface area contributed by atoms with Crippen LogP contribution in [0.1, 0.15) is 5.82 Å². The maximum absolute atomic E-state index is 10.8. The Hall–Kier alpha value is -1.47. The summed E-state index contributed by atoms with van der Waals surface area (Å²) in [6.45, 7) is 1.11. The van der Waals surface area contributed by atoms with Gasteiger partial charge in [0.25, 0.3) is 0 Å². The van der Waals surface area contributed by atoms with Crippen LogP contribution in [0, 0.1) is 0 Å². The maximum Gasteiger partial charge on any atom is 0.349 e. The zero-order chi connectivity index (χ0) is 10.4. The van der Waals surface area contributed by atoms with Crippen LogP contribution in [0.15, 0.2) is 4.79 Å². The largest absolute Gasteiger partial charge is 0.382 e. The van der Waals surface area contributed by atoms with E-state index in [2.05, 4.69) is 15.0 Å². The Balaban J connectivity index is 2.46. The molecule has 1 aromatic heterocycles. The van der Waals surface area contributed by atoms with Crippen molar-refractivity contribution in [2.24, 2.45) is 0 Å². The molecular weight excluding hydrogens is 188 g/mol. The molecule has 1 heterocycles. The number of H-pyrrole nitrogens is 1. The molecule has 0 amide bonds. The summed E-state index contributed by atoms with van der Waals surface area (Å²) < 4.78 is 9.90. The van der Waals surface area contributed by atoms with Gasteiger partial charge in [-0.2, -0.15) is 9.97 Å². The van der Waals surface area contributed by atoms with Crippen molar-refractivity contribution < 1.29 is 9.47 Å². The van der Waals surface area contributed by atoms with Crippen molar-refractivity contribution in [3.63, 3.8) is 0 Å². The molecule has 0 saturated heterocycles. The lowest BCUT2D eigenvalue weighted by Crippen LogP contribution is -2.18. The van der Waals surface area contributed by atoms with Crippen LogP contribution in [-0.2, 0) is 16.1 Å². The molecule has 0 aliphatic carbocycles. The highest BCUT2D eigenvalue weighted by molar-refractivity contribution is 5.12. The minimum absolute atomic E-state index is 0.0564. The number of nitrogens with one attached hydrogen (secondary N) is 1. The van der Waals surface area contributed by atoms with Gasteiger partial charge in [-0.25, -0.2) is 4.79 Å². The van der Waals surface area contributed by atoms with Gasteiger partial charge in [0.05, 0.1) is 13.2 Å². The van der Waals surface area contributed by atoms with Gasteiger partial charge in [-0.3, -0.25) is 4.98 Å². The van der Waals surface area contributed by atoms with Crippen LogP contribution in [-0.4, -0.2) is 35.3 Å². The minimum atomic E-state index is -0.525. The van der Waals surface area contributed by atoms with Crippen LogP contribution in [0.25, 0.3) is 0 Å². The smallest absolute Gasteiger partial charge is 0.349 e. The Morgan fingerprint density at radius 3 is 2.86 bits per heavy atom. The number of rotatable bonds is 5. The van der Waals surface area contributed by atoms with Gasteiger partial charge < -0.3 is 15.2 Å². The van der Waals surface area contributed by atoms with E-state index in [9.17, 15) is 4.79 Å². The van der Waals surface area contributed by atoms with E-state index < -0.39 is 5.69 Å². The fourth-order valence-corrected chi connectivity index (χ4v) is 0.826. The molecule has 0 radical (unpaired) electrons. The number of anilines is 1. The second-order valence-corrected chi connectivity index (χ2v) is 2.50. The molecule has 1 aromatic rings. The summed E-state index contributed by atoms with van der Waals surface area (Å²) in [5.41, 5.74) is 4.74. The number of nitrogen functional groups attached to an aromatic ring is 1. The van der Waals surface area contributed by atoms with Crippen molar-refractivity contribution in [2.75, 3.05) is 26.1 Å². The molecule has 0 fully saturated rings. The molecule has 0 saturated carbocycles. The average molecular weight is 200 g/mol. The Bertz CT molecular complexity index is 338. The van der Waals surface area contributed by atoms with E-state index in [0.717, 1.165) is 0 Å². The number of aromatic nitrogens is 3. The van der Waals surface area contributed by atoms with E-state index >= 15 is 0 Å². The van der Waals surface area contributed by atoms with Crippen molar-refractivity contribution in [3.05, 3.63) is 16.3 Å². The average Bonchev–Trinajstić information content (AvgIpc) is 2.11. The molecule has 78 valence electrons. The first kappa shape index (κ1) is 10.6. The molecular formula is C7H12N4O3. The lowest BCUT2D eigenvalue weighted by Gasteiger charge is -2.02. The van der Waals surface area contributed by atoms with Crippen LogP contribution < -0.4 is 11.4 Å². The van der Waals surface area contributed by atoms with Gasteiger partial charge in [-0.15, -0.1) is 0 Å². The van der Waals surface area contributed by atoms with Gasteiger partial charge in [-0.1, -0.05) is 0 Å². The lowest BCUT2D eigenvalue weighted by molar-refractivity contribution is 0.0585. The fourth-order valence-electron chi connectivity index (χ4n) is 0.826. The summed E-state index contributed by atoms with van der Waals surface area (Å²) in [5, 5.41) is 0. The standard InChI is InChI=1S/C7H12N4O3/c1-13-2-3-14-4-5-9-6(8)11-7(12)10-5/h2-4H2,1H3,(H3,8,9,10,11,12). The summed E-state index contributed by atoms with van der Waals surface area (Å²) in [4.78, 5) is 20.4. The highest BCUT2D eigenvalue weighted by atomic mass is 16.5. The highest BCUT2D eigenvalue weighted by Gasteiger charge is 1.99. The number of nitrogens with two attached hydrogens (primary N) is 1. The first-order valence-corrected chi connectivity index (χ1v) is 4.02. The number of methoxy groups -OCH3 is 1. The fraction of sp³-hybridized carbons (Fsp3) is 0.571. The molecule has 0 atom stereocenters. The first-order valence-electron chi connectivity index (χ1n) is 4.02. The summed E-state index contributed by atoms with van der Waals surface area (Å²) in [6.07, 6.45) is 0. The third-order valence-electron chi connectivity index (χ3n) is 1.39. The third kappa shape index (κ3) is 3.50. The predicted molar refractivity (Wildman–Crippen MR) is 48.6 cm³/mol. The van der Waals surface area contributed by atoms with Crippen LogP contribution in [0.2, 0.25) is 0 Å². The minimum Gasteiger partial charge on any atom is -0.382 e. The van der Waals surface area contributed by atoms with Gasteiger partial charge in [0.2, 0.25) is 5.95 Å². The zero-order valence-electron chi connectivity index (χ0n) is 7.82. The predicted octanol–water partition coefficient (Wildman–Crippen LogP) is -1.09. The van der Waals surface area contributed by atoms with E-state index in [1.54, 1.807) is 7.11 Å². The molecule has 7 heteroatoms. The van der Waals surface area contributed by atoms with Gasteiger partial charge in [0, 0.05) is 7.11 Å². The summed E-state index contributed by atoms with van der Waals surface area (Å²) in [6, 6.07) is 0. The molecule has 14 heavy (non-hydrogen) atoms. The number of ether oxygens (including phenoxy) is 2. The summed E-state index contributed by atoms with van der Waals surface area (Å²) in [7, 11) is 1.58. The van der Waals surface area contributed by atoms with Gasteiger partial charge >= 0.3 is 5.69 Å². The van der Waals surface area contributed by atoms with Crippen LogP contribution in [0.3, 0.4) is 0 Å². The van der Waals surface area contributed by atoms with Crippen molar-refractivity contribution in [2.45, 2.75) is 6.61 Å². The van der Waals surface area contributed by atoms with E-state index in [-0.39, 0.29) is 12.6 Å². The molecule has 0 aliphatic heterocycles. The van der Waals surface area contributed by atoms with Gasteiger partial charge in [0.15, 0.2) is 0 Å². The number of hydrogen-bond donors (Lipinski definition) is 2. The number of aromatic amines is 1. The van der Waals surface area contributed by atoms with E-state index in [1.165, 1.54) is 0 Å². The Morgan fingerprint density at radius 1 is 1.43 bits per heavy atom. The lowest BCUT2D eigenvalue weighted by atomic mass is 10.6. The SMILES string of the molecule is COCCOCc1nc(N)nc(=O)[nH]1. The van der Waals surface area contributed by atoms with E-state index in [1.807, 2.05) is 0 Å². The second kappa shape index (κ2) is 5.30. The van der Waals surface area contributed by atoms with Gasteiger partial charge in [-0.05, 0) is 0 Å². The normalized spacial score (nSPS) is 10.4. The Labute approximate surface area is 80.3 Å². The van der Waals surface area contributed by atoms with Crippen molar-refractivity contribution in [1.82, 2.24) is 15.0 Å². The zero-order valence-corrected chi connectivity index (χ0v) is 7.82. The molecule has 0 bridgehead atoms. The third-order valence-corrected chi connectivity index (χ3v) is 1.39. The van der Waals surface area contributed by atoms with E-state index in [0.29, 0.717) is 19.0 Å². The highest BCUT2D eigenvalue weighted by Crippen LogP contribution is 1.91. The van der Waals surface area contributed by atoms with Crippen molar-refractivity contribution in [3.8, 4) is 0 Å². The second-order valence-electron chi connectivity index (χ2n) is 2.50. The molecule has 7 nitrogen and oxygen atoms in total. The Morgan fingerprint density at radius 2 is 2.21 bits per heavy atom. The number of nitrogens with zero attached hydrogens (tertiary/aromatic N) is 2. The Kier molecular flexibility index (Phi) is 4.02.